The molecule has 0 atom stereocenters. The Morgan fingerprint density at radius 3 is 2.50 bits per heavy atom. The number of carbonyl (C=O) groups is 2. The molecule has 3 rings (SSSR count). The minimum atomic E-state index is -0.253. The van der Waals surface area contributed by atoms with Gasteiger partial charge < -0.3 is 25.2 Å². The zero-order valence-corrected chi connectivity index (χ0v) is 18.0. The Balaban J connectivity index is 1.49. The van der Waals surface area contributed by atoms with Crippen molar-refractivity contribution in [3.63, 3.8) is 0 Å². The molecule has 2 fully saturated rings. The van der Waals surface area contributed by atoms with Gasteiger partial charge in [0.2, 0.25) is 5.91 Å². The maximum Gasteiger partial charge on any atom is 0.409 e. The summed E-state index contributed by atoms with van der Waals surface area (Å²) < 4.78 is 5.07. The van der Waals surface area contributed by atoms with E-state index in [1.165, 1.54) is 0 Å². The van der Waals surface area contributed by atoms with E-state index in [9.17, 15) is 9.59 Å². The number of amides is 2. The standard InChI is InChI=1S/C22H33N5O3/c1-3-30-22(29)27-13-11-26(12-14-27)21(23-2)24-16-17-7-6-10-19(15-17)25-20(28)18-8-4-5-9-18/h6-7,10,15,18H,3-5,8-9,11-14,16H2,1-2H3,(H,23,24)(H,25,28). The van der Waals surface area contributed by atoms with Gasteiger partial charge in [-0.15, -0.1) is 0 Å². The van der Waals surface area contributed by atoms with Crippen molar-refractivity contribution in [1.82, 2.24) is 15.1 Å². The van der Waals surface area contributed by atoms with Crippen molar-refractivity contribution in [2.24, 2.45) is 10.9 Å². The third-order valence-corrected chi connectivity index (χ3v) is 5.69. The van der Waals surface area contributed by atoms with Crippen molar-refractivity contribution in [2.45, 2.75) is 39.2 Å². The molecule has 30 heavy (non-hydrogen) atoms. The molecular weight excluding hydrogens is 382 g/mol. The van der Waals surface area contributed by atoms with E-state index in [0.29, 0.717) is 39.3 Å². The zero-order valence-electron chi connectivity index (χ0n) is 18.0. The molecule has 0 radical (unpaired) electrons. The second kappa shape index (κ2) is 10.8. The highest BCUT2D eigenvalue weighted by atomic mass is 16.6. The number of benzene rings is 1. The first-order chi connectivity index (χ1) is 14.6. The molecule has 1 saturated heterocycles. The number of nitrogens with zero attached hydrogens (tertiary/aromatic N) is 3. The predicted molar refractivity (Wildman–Crippen MR) is 117 cm³/mol. The van der Waals surface area contributed by atoms with Crippen molar-refractivity contribution in [1.29, 1.82) is 0 Å². The van der Waals surface area contributed by atoms with E-state index >= 15 is 0 Å². The molecule has 8 heteroatoms. The van der Waals surface area contributed by atoms with Crippen molar-refractivity contribution < 1.29 is 14.3 Å². The molecule has 8 nitrogen and oxygen atoms in total. The average molecular weight is 416 g/mol. The third kappa shape index (κ3) is 5.87. The number of hydrogen-bond acceptors (Lipinski definition) is 4. The Morgan fingerprint density at radius 2 is 1.83 bits per heavy atom. The van der Waals surface area contributed by atoms with Crippen LogP contribution in [-0.4, -0.2) is 67.6 Å². The van der Waals surface area contributed by atoms with Crippen molar-refractivity contribution >= 4 is 23.6 Å². The summed E-state index contributed by atoms with van der Waals surface area (Å²) in [7, 11) is 1.76. The molecule has 2 amide bonds. The fourth-order valence-corrected chi connectivity index (χ4v) is 4.02. The molecule has 2 aliphatic rings. The number of nitrogens with one attached hydrogen (secondary N) is 2. The van der Waals surface area contributed by atoms with Gasteiger partial charge in [0, 0.05) is 51.4 Å². The molecule has 1 heterocycles. The Kier molecular flexibility index (Phi) is 7.93. The highest BCUT2D eigenvalue weighted by Crippen LogP contribution is 2.26. The van der Waals surface area contributed by atoms with Crippen LogP contribution in [0.25, 0.3) is 0 Å². The van der Waals surface area contributed by atoms with Crippen LogP contribution >= 0.6 is 0 Å². The second-order valence-corrected chi connectivity index (χ2v) is 7.74. The maximum atomic E-state index is 12.4. The van der Waals surface area contributed by atoms with Crippen LogP contribution in [0.5, 0.6) is 0 Å². The Hall–Kier alpha value is -2.77. The van der Waals surface area contributed by atoms with Gasteiger partial charge >= 0.3 is 6.09 Å². The molecule has 2 N–H and O–H groups in total. The van der Waals surface area contributed by atoms with Crippen LogP contribution in [0, 0.1) is 5.92 Å². The monoisotopic (exact) mass is 415 g/mol. The lowest BCUT2D eigenvalue weighted by Crippen LogP contribution is -2.53. The number of rotatable bonds is 5. The smallest absolute Gasteiger partial charge is 0.409 e. The summed E-state index contributed by atoms with van der Waals surface area (Å²) in [4.78, 5) is 32.5. The van der Waals surface area contributed by atoms with Gasteiger partial charge in [0.25, 0.3) is 0 Å². The van der Waals surface area contributed by atoms with Crippen molar-refractivity contribution in [3.8, 4) is 0 Å². The first-order valence-corrected chi connectivity index (χ1v) is 10.9. The zero-order chi connectivity index (χ0) is 21.3. The lowest BCUT2D eigenvalue weighted by Gasteiger charge is -2.35. The highest BCUT2D eigenvalue weighted by molar-refractivity contribution is 5.92. The predicted octanol–water partition coefficient (Wildman–Crippen LogP) is 2.66. The lowest BCUT2D eigenvalue weighted by atomic mass is 10.1. The molecule has 1 aromatic rings. The van der Waals surface area contributed by atoms with E-state index in [2.05, 4.69) is 20.5 Å². The van der Waals surface area contributed by atoms with E-state index in [0.717, 1.165) is 42.9 Å². The van der Waals surface area contributed by atoms with E-state index in [-0.39, 0.29) is 17.9 Å². The van der Waals surface area contributed by atoms with E-state index in [1.54, 1.807) is 11.9 Å². The molecule has 1 aromatic carbocycles. The molecule has 1 saturated carbocycles. The summed E-state index contributed by atoms with van der Waals surface area (Å²) in [5, 5.41) is 6.45. The van der Waals surface area contributed by atoms with E-state index in [1.807, 2.05) is 31.2 Å². The average Bonchev–Trinajstić information content (AvgIpc) is 3.30. The first-order valence-electron chi connectivity index (χ1n) is 10.9. The lowest BCUT2D eigenvalue weighted by molar-refractivity contribution is -0.119. The molecule has 1 aliphatic heterocycles. The summed E-state index contributed by atoms with van der Waals surface area (Å²) >= 11 is 0. The summed E-state index contributed by atoms with van der Waals surface area (Å²) in [5.41, 5.74) is 1.91. The number of piperazine rings is 1. The maximum absolute atomic E-state index is 12.4. The molecule has 0 unspecified atom stereocenters. The van der Waals surface area contributed by atoms with Gasteiger partial charge in [-0.1, -0.05) is 25.0 Å². The van der Waals surface area contributed by atoms with Crippen LogP contribution in [0.4, 0.5) is 10.5 Å². The van der Waals surface area contributed by atoms with Gasteiger partial charge in [0.15, 0.2) is 5.96 Å². The molecular formula is C22H33N5O3. The van der Waals surface area contributed by atoms with Crippen LogP contribution in [0.15, 0.2) is 29.3 Å². The summed E-state index contributed by atoms with van der Waals surface area (Å²) in [5.74, 6) is 1.09. The molecule has 164 valence electrons. The molecule has 1 aliphatic carbocycles. The molecule has 0 spiro atoms. The van der Waals surface area contributed by atoms with Gasteiger partial charge in [-0.25, -0.2) is 4.79 Å². The third-order valence-electron chi connectivity index (χ3n) is 5.69. The summed E-state index contributed by atoms with van der Waals surface area (Å²) in [6.07, 6.45) is 4.03. The number of aliphatic imine (C=N–C) groups is 1. The van der Waals surface area contributed by atoms with Crippen LogP contribution in [0.3, 0.4) is 0 Å². The summed E-state index contributed by atoms with van der Waals surface area (Å²) in [6, 6.07) is 7.93. The van der Waals surface area contributed by atoms with Crippen molar-refractivity contribution in [3.05, 3.63) is 29.8 Å². The summed E-state index contributed by atoms with van der Waals surface area (Å²) in [6.45, 7) is 5.45. The fraction of sp³-hybridized carbons (Fsp3) is 0.591. The van der Waals surface area contributed by atoms with Crippen LogP contribution in [0.2, 0.25) is 0 Å². The quantitative estimate of drug-likeness (QED) is 0.570. The Labute approximate surface area is 178 Å². The number of hydrogen-bond donors (Lipinski definition) is 2. The van der Waals surface area contributed by atoms with Gasteiger partial charge in [0.05, 0.1) is 6.61 Å². The van der Waals surface area contributed by atoms with Crippen molar-refractivity contribution in [2.75, 3.05) is 45.2 Å². The van der Waals surface area contributed by atoms with E-state index in [4.69, 9.17) is 4.74 Å². The second-order valence-electron chi connectivity index (χ2n) is 7.74. The minimum Gasteiger partial charge on any atom is -0.450 e. The van der Waals surface area contributed by atoms with Crippen LogP contribution < -0.4 is 10.6 Å². The number of carbonyl (C=O) groups excluding carboxylic acids is 2. The number of anilines is 1. The largest absolute Gasteiger partial charge is 0.450 e. The first kappa shape index (κ1) is 21.9. The van der Waals surface area contributed by atoms with Gasteiger partial charge in [0.1, 0.15) is 0 Å². The van der Waals surface area contributed by atoms with Crippen LogP contribution in [-0.2, 0) is 16.1 Å². The Morgan fingerprint density at radius 1 is 1.13 bits per heavy atom. The number of ether oxygens (including phenoxy) is 1. The normalized spacial score (nSPS) is 17.7. The molecule has 0 aromatic heterocycles. The Bertz CT molecular complexity index is 753. The highest BCUT2D eigenvalue weighted by Gasteiger charge is 2.24. The fourth-order valence-electron chi connectivity index (χ4n) is 4.02. The van der Waals surface area contributed by atoms with E-state index < -0.39 is 0 Å². The van der Waals surface area contributed by atoms with Crippen LogP contribution in [0.1, 0.15) is 38.2 Å². The van der Waals surface area contributed by atoms with Gasteiger partial charge in [-0.3, -0.25) is 9.79 Å². The SMILES string of the molecule is CCOC(=O)N1CCN(C(=NC)NCc2cccc(NC(=O)C3CCCC3)c2)CC1. The molecule has 0 bridgehead atoms. The minimum absolute atomic E-state index is 0.132. The topological polar surface area (TPSA) is 86.3 Å². The van der Waals surface area contributed by atoms with Gasteiger partial charge in [-0.05, 0) is 37.5 Å². The van der Waals surface area contributed by atoms with Gasteiger partial charge in [-0.2, -0.15) is 0 Å². The number of guanidine groups is 1.